The van der Waals surface area contributed by atoms with E-state index in [1.165, 1.54) is 0 Å². The molecule has 0 aromatic carbocycles. The Morgan fingerprint density at radius 2 is 0.286 bits per heavy atom. The molecule has 0 aliphatic rings. The van der Waals surface area contributed by atoms with Gasteiger partial charge in [-0.25, -0.2) is 0 Å². The third kappa shape index (κ3) is 39.4. The van der Waals surface area contributed by atoms with Gasteiger partial charge in [0.05, 0.1) is 0 Å². The van der Waals surface area contributed by atoms with Gasteiger partial charge in [0.15, 0.2) is 0 Å². The van der Waals surface area contributed by atoms with E-state index in [9.17, 15) is 0 Å². The van der Waals surface area contributed by atoms with Crippen LogP contribution >= 0.6 is 0 Å². The average molecular weight is 105 g/mol. The second kappa shape index (κ2) is 49.7. The largest absolute Gasteiger partial charge is 2.00 e. The van der Waals surface area contributed by atoms with Crippen LogP contribution in [-0.4, -0.2) is 0 Å². The Balaban J connectivity index is 0. The number of hydrogen-bond donors (Lipinski definition) is 0. The topological polar surface area (TPSA) is 0 Å². The van der Waals surface area contributed by atoms with Crippen LogP contribution in [0, 0.1) is 0 Å². The van der Waals surface area contributed by atoms with Crippen molar-refractivity contribution < 1.29 is 130 Å². The molecule has 0 nitrogen and oxygen atoms in total. The quantitative estimate of drug-likeness (QED) is 0.268. The van der Waals surface area contributed by atoms with E-state index in [-0.39, 0.29) is 130 Å². The Morgan fingerprint density at radius 3 is 0.286 bits per heavy atom. The molecule has 0 aliphatic carbocycles. The van der Waals surface area contributed by atoms with Crippen molar-refractivity contribution in [2.45, 2.75) is 0 Å². The maximum absolute atomic E-state index is 0. The molecule has 0 N–H and O–H groups in total. The van der Waals surface area contributed by atoms with Gasteiger partial charge >= 0.3 is 130 Å². The van der Waals surface area contributed by atoms with E-state index in [2.05, 4.69) is 0 Å². The summed E-state index contributed by atoms with van der Waals surface area (Å²) in [5, 5.41) is 0. The summed E-state index contributed by atoms with van der Waals surface area (Å²) >= 11 is 0. The van der Waals surface area contributed by atoms with Gasteiger partial charge in [-0.3, -0.25) is 0 Å². The SMILES string of the molecule is [Cu+2].[Li+].[Li+].[Li+].[Li+].[Li+].[Li+]. The first kappa shape index (κ1) is 67.3. The molecule has 0 amide bonds. The molecule has 0 aliphatic heterocycles. The maximum atomic E-state index is 0. The van der Waals surface area contributed by atoms with Gasteiger partial charge in [-0.1, -0.05) is 0 Å². The van der Waals surface area contributed by atoms with Crippen molar-refractivity contribution in [3.8, 4) is 0 Å². The number of hydrogen-bond acceptors (Lipinski definition) is 0. The van der Waals surface area contributed by atoms with Gasteiger partial charge in [-0.15, -0.1) is 0 Å². The van der Waals surface area contributed by atoms with Crippen LogP contribution in [0.25, 0.3) is 0 Å². The molecule has 0 atom stereocenters. The normalized spacial score (nSPS) is 0. The van der Waals surface area contributed by atoms with Crippen LogP contribution in [0.1, 0.15) is 0 Å². The van der Waals surface area contributed by atoms with E-state index in [0.29, 0.717) is 0 Å². The van der Waals surface area contributed by atoms with Crippen LogP contribution in [-0.2, 0) is 17.1 Å². The van der Waals surface area contributed by atoms with Crippen LogP contribution in [0.3, 0.4) is 0 Å². The average Bonchev–Trinajstić information content (AvgIpc) is 0. The Morgan fingerprint density at radius 1 is 0.286 bits per heavy atom. The Labute approximate surface area is 128 Å². The van der Waals surface area contributed by atoms with Crippen molar-refractivity contribution in [1.29, 1.82) is 0 Å². The van der Waals surface area contributed by atoms with E-state index in [1.54, 1.807) is 0 Å². The molecule has 1 radical (unpaired) electrons. The monoisotopic (exact) mass is 105 g/mol. The first-order chi connectivity index (χ1) is 0. The zero-order chi connectivity index (χ0) is 0. The molecule has 0 rings (SSSR count). The van der Waals surface area contributed by atoms with Crippen molar-refractivity contribution in [3.05, 3.63) is 0 Å². The van der Waals surface area contributed by atoms with Crippen molar-refractivity contribution in [2.75, 3.05) is 0 Å². The van der Waals surface area contributed by atoms with E-state index < -0.39 is 0 Å². The molecule has 0 unspecified atom stereocenters. The molecular formula is CuLi6+8. The molecule has 0 aromatic rings. The van der Waals surface area contributed by atoms with Gasteiger partial charge in [0.1, 0.15) is 0 Å². The molecule has 0 saturated carbocycles. The summed E-state index contributed by atoms with van der Waals surface area (Å²) in [6.45, 7) is 0. The zero-order valence-electron chi connectivity index (χ0n) is 6.30. The first-order valence-electron chi connectivity index (χ1n) is 0. The summed E-state index contributed by atoms with van der Waals surface area (Å²) in [6, 6.07) is 0. The summed E-state index contributed by atoms with van der Waals surface area (Å²) in [6.07, 6.45) is 0. The summed E-state index contributed by atoms with van der Waals surface area (Å²) in [5.74, 6) is 0. The number of rotatable bonds is 0. The van der Waals surface area contributed by atoms with E-state index in [1.807, 2.05) is 0 Å². The first-order valence-corrected chi connectivity index (χ1v) is 0. The summed E-state index contributed by atoms with van der Waals surface area (Å²) < 4.78 is 0. The standard InChI is InChI=1S/Cu.6Li/q+2;6*+1. The fourth-order valence-electron chi connectivity index (χ4n) is 0. The van der Waals surface area contributed by atoms with Crippen molar-refractivity contribution >= 4 is 0 Å². The predicted octanol–water partition coefficient (Wildman–Crippen LogP) is -18.0. The molecule has 7 heavy (non-hydrogen) atoms. The van der Waals surface area contributed by atoms with Crippen molar-refractivity contribution in [3.63, 3.8) is 0 Å². The van der Waals surface area contributed by atoms with E-state index >= 15 is 0 Å². The smallest absolute Gasteiger partial charge is 1.00 e. The van der Waals surface area contributed by atoms with E-state index in [0.717, 1.165) is 0 Å². The van der Waals surface area contributed by atoms with Crippen molar-refractivity contribution in [1.82, 2.24) is 0 Å². The summed E-state index contributed by atoms with van der Waals surface area (Å²) in [5.41, 5.74) is 0. The fourth-order valence-corrected chi connectivity index (χ4v) is 0. The van der Waals surface area contributed by atoms with Gasteiger partial charge < -0.3 is 0 Å². The fraction of sp³-hybridized carbons (Fsp3) is 0. The van der Waals surface area contributed by atoms with Crippen LogP contribution in [0.2, 0.25) is 0 Å². The van der Waals surface area contributed by atoms with E-state index in [4.69, 9.17) is 0 Å². The third-order valence-electron chi connectivity index (χ3n) is 0. The summed E-state index contributed by atoms with van der Waals surface area (Å²) in [4.78, 5) is 0. The van der Waals surface area contributed by atoms with Crippen molar-refractivity contribution in [2.24, 2.45) is 0 Å². The van der Waals surface area contributed by atoms with Gasteiger partial charge in [-0.05, 0) is 0 Å². The second-order valence-corrected chi connectivity index (χ2v) is 0. The minimum Gasteiger partial charge on any atom is 1.00 e. The second-order valence-electron chi connectivity index (χ2n) is 0. The van der Waals surface area contributed by atoms with Gasteiger partial charge in [0, 0.05) is 0 Å². The van der Waals surface area contributed by atoms with Gasteiger partial charge in [0.2, 0.25) is 0 Å². The minimum atomic E-state index is 0. The molecule has 0 heterocycles. The predicted molar refractivity (Wildman–Crippen MR) is 0 cm³/mol. The van der Waals surface area contributed by atoms with Gasteiger partial charge in [-0.2, -0.15) is 0 Å². The third-order valence-corrected chi connectivity index (χ3v) is 0. The molecule has 0 aromatic heterocycles. The minimum absolute atomic E-state index is 0. The van der Waals surface area contributed by atoms with Crippen LogP contribution in [0.5, 0.6) is 0 Å². The van der Waals surface area contributed by atoms with Crippen LogP contribution in [0.4, 0.5) is 0 Å². The van der Waals surface area contributed by atoms with Gasteiger partial charge in [0.25, 0.3) is 0 Å². The molecular weight excluding hydrogens is 105 g/mol. The molecule has 0 saturated heterocycles. The zero-order valence-corrected chi connectivity index (χ0v) is 7.24. The molecule has 0 spiro atoms. The van der Waals surface area contributed by atoms with Crippen LogP contribution < -0.4 is 113 Å². The molecule has 7 heteroatoms. The molecule has 0 fully saturated rings. The summed E-state index contributed by atoms with van der Waals surface area (Å²) in [7, 11) is 0. The Hall–Kier alpha value is 4.10. The Bertz CT molecular complexity index is 4.14. The Kier molecular flexibility index (Phi) is 478. The molecule has 9 valence electrons. The van der Waals surface area contributed by atoms with Crippen LogP contribution in [0.15, 0.2) is 0 Å². The molecule has 0 bridgehead atoms. The maximum Gasteiger partial charge on any atom is 2.00 e.